The number of carbonyl (C=O) groups excluding carboxylic acids is 2. The number of aliphatic hydroxyl groups is 2. The number of likely N-dealkylation sites (tertiary alicyclic amines) is 1. The van der Waals surface area contributed by atoms with E-state index in [9.17, 15) is 44.0 Å². The Morgan fingerprint density at radius 3 is 1.75 bits per heavy atom. The Hall–Kier alpha value is -7.03. The number of hydrogen-bond donors (Lipinski definition) is 4. The molecule has 5 aromatic carbocycles. The first-order valence-corrected chi connectivity index (χ1v) is 18.5. The lowest BCUT2D eigenvalue weighted by Gasteiger charge is -2.42. The Morgan fingerprint density at radius 2 is 1.24 bits per heavy atom. The molecule has 304 valence electrons. The van der Waals surface area contributed by atoms with Gasteiger partial charge in [-0.25, -0.2) is 23.6 Å². The van der Waals surface area contributed by atoms with Crippen molar-refractivity contribution in [3.05, 3.63) is 179 Å². The Balaban J connectivity index is 0.000000205. The minimum atomic E-state index is -2.21. The van der Waals surface area contributed by atoms with Gasteiger partial charge in [0, 0.05) is 24.7 Å². The number of fused-ring (bicyclic) bond motifs is 1. The summed E-state index contributed by atoms with van der Waals surface area (Å²) in [5.74, 6) is -4.72. The van der Waals surface area contributed by atoms with Crippen molar-refractivity contribution in [3.63, 3.8) is 0 Å². The van der Waals surface area contributed by atoms with E-state index in [-0.39, 0.29) is 16.9 Å². The highest BCUT2D eigenvalue weighted by Crippen LogP contribution is 2.41. The van der Waals surface area contributed by atoms with Gasteiger partial charge < -0.3 is 44.3 Å². The number of hydrogen-bond acceptors (Lipinski definition) is 11. The van der Waals surface area contributed by atoms with Gasteiger partial charge in [0.2, 0.25) is 12.2 Å². The van der Waals surface area contributed by atoms with E-state index in [1.54, 1.807) is 36.6 Å². The molecular weight excluding hydrogens is 765 g/mol. The van der Waals surface area contributed by atoms with Crippen molar-refractivity contribution in [2.45, 2.75) is 43.4 Å². The zero-order chi connectivity index (χ0) is 41.9. The van der Waals surface area contributed by atoms with E-state index in [2.05, 4.69) is 0 Å². The van der Waals surface area contributed by atoms with Crippen molar-refractivity contribution in [2.75, 3.05) is 13.1 Å². The fraction of sp³-hybridized carbons (Fsp3) is 0.200. The molecule has 5 aromatic rings. The number of piperidine rings is 1. The molecule has 1 saturated heterocycles. The summed E-state index contributed by atoms with van der Waals surface area (Å²) in [6, 6.07) is 36.2. The summed E-state index contributed by atoms with van der Waals surface area (Å²) in [5, 5.41) is 40.6. The molecule has 2 heterocycles. The van der Waals surface area contributed by atoms with Crippen molar-refractivity contribution >= 4 is 23.9 Å². The minimum absolute atomic E-state index is 0.0253. The van der Waals surface area contributed by atoms with E-state index in [1.165, 1.54) is 60.7 Å². The van der Waals surface area contributed by atoms with Gasteiger partial charge in [-0.1, -0.05) is 78.9 Å². The van der Waals surface area contributed by atoms with Crippen molar-refractivity contribution in [1.29, 1.82) is 0 Å². The van der Waals surface area contributed by atoms with E-state index in [4.69, 9.17) is 18.9 Å². The maximum absolute atomic E-state index is 13.2. The molecule has 0 saturated carbocycles. The SMILES string of the molecule is O=C(O[C@H](C(=O)O)[C@H](OC(=O)c1ccccc1)C(=O)O)c1ccccc1.OC1C(N2CCC(O)(c3ccc(F)cc3)CC2)=COc2cc(OCc3ccccc3)ccc21. The average molecular weight is 806 g/mol. The van der Waals surface area contributed by atoms with Crippen LogP contribution in [0.5, 0.6) is 11.5 Å². The van der Waals surface area contributed by atoms with E-state index < -0.39 is 47.8 Å². The molecule has 13 nitrogen and oxygen atoms in total. The Kier molecular flexibility index (Phi) is 13.4. The third-order valence-electron chi connectivity index (χ3n) is 9.70. The van der Waals surface area contributed by atoms with Crippen molar-refractivity contribution < 1.29 is 62.9 Å². The monoisotopic (exact) mass is 805 g/mol. The fourth-order valence-electron chi connectivity index (χ4n) is 6.45. The number of carboxylic acids is 2. The lowest BCUT2D eigenvalue weighted by Crippen LogP contribution is -2.45. The number of esters is 2. The molecule has 0 aliphatic carbocycles. The Morgan fingerprint density at radius 1 is 0.729 bits per heavy atom. The number of carbonyl (C=O) groups is 4. The maximum atomic E-state index is 13.2. The molecule has 4 N–H and O–H groups in total. The van der Waals surface area contributed by atoms with Crippen LogP contribution in [0, 0.1) is 5.82 Å². The lowest BCUT2D eigenvalue weighted by atomic mass is 9.84. The largest absolute Gasteiger partial charge is 0.489 e. The van der Waals surface area contributed by atoms with Gasteiger partial charge >= 0.3 is 23.9 Å². The second-order valence-electron chi connectivity index (χ2n) is 13.6. The van der Waals surface area contributed by atoms with Crippen molar-refractivity contribution in [3.8, 4) is 11.5 Å². The van der Waals surface area contributed by atoms with E-state index in [0.717, 1.165) is 5.56 Å². The number of carboxylic acid groups (broad SMARTS) is 2. The van der Waals surface area contributed by atoms with Gasteiger partial charge in [-0.2, -0.15) is 0 Å². The first kappa shape index (κ1) is 41.6. The van der Waals surface area contributed by atoms with Crippen molar-refractivity contribution in [1.82, 2.24) is 4.90 Å². The number of aliphatic carboxylic acids is 2. The molecule has 0 bridgehead atoms. The zero-order valence-electron chi connectivity index (χ0n) is 31.4. The number of benzene rings is 5. The third kappa shape index (κ3) is 10.5. The predicted molar refractivity (Wildman–Crippen MR) is 209 cm³/mol. The molecule has 2 aliphatic rings. The molecular formula is C45H40FNO12. The molecule has 0 aromatic heterocycles. The standard InChI is InChI=1S/C27H26FNO4.C18H14O8/c28-21-8-6-20(7-9-21)27(31)12-14-29(15-13-27)24-18-33-25-16-22(10-11-23(25)26(24)30)32-17-19-4-2-1-3-5-19;19-15(20)13(25-17(23)11-7-3-1-4-8-11)14(16(21)22)26-18(24)12-9-5-2-6-10-12/h1-11,16,18,26,30-31H,12-15,17H2;1-10,13-14H,(H,19,20)(H,21,22)/t;13-,14-/m.0/s1. The summed E-state index contributed by atoms with van der Waals surface area (Å²) >= 11 is 0. The van der Waals surface area contributed by atoms with E-state index >= 15 is 0 Å². The summed E-state index contributed by atoms with van der Waals surface area (Å²) in [5.41, 5.74) is 2.18. The van der Waals surface area contributed by atoms with E-state index in [1.807, 2.05) is 47.4 Å². The third-order valence-corrected chi connectivity index (χ3v) is 9.70. The summed E-state index contributed by atoms with van der Waals surface area (Å²) in [4.78, 5) is 48.9. The number of aliphatic hydroxyl groups excluding tert-OH is 1. The molecule has 1 unspecified atom stereocenters. The van der Waals surface area contributed by atoms with Crippen LogP contribution in [-0.2, 0) is 31.3 Å². The number of ether oxygens (including phenoxy) is 4. The summed E-state index contributed by atoms with van der Waals surface area (Å²) in [6.07, 6.45) is -2.73. The summed E-state index contributed by atoms with van der Waals surface area (Å²) in [6.45, 7) is 1.55. The van der Waals surface area contributed by atoms with Crippen LogP contribution in [0.25, 0.3) is 0 Å². The molecule has 0 radical (unpaired) electrons. The van der Waals surface area contributed by atoms with Crippen LogP contribution >= 0.6 is 0 Å². The molecule has 3 atom stereocenters. The van der Waals surface area contributed by atoms with Crippen LogP contribution in [-0.4, -0.2) is 74.5 Å². The Bertz CT molecular complexity index is 2190. The fourth-order valence-corrected chi connectivity index (χ4v) is 6.45. The number of nitrogens with zero attached hydrogens (tertiary/aromatic N) is 1. The van der Waals surface area contributed by atoms with Gasteiger partial charge in [-0.3, -0.25) is 0 Å². The molecule has 2 aliphatic heterocycles. The van der Waals surface area contributed by atoms with Crippen LogP contribution in [0.4, 0.5) is 4.39 Å². The highest BCUT2D eigenvalue weighted by molar-refractivity contribution is 5.95. The normalized spacial score (nSPS) is 16.3. The second-order valence-corrected chi connectivity index (χ2v) is 13.6. The molecule has 59 heavy (non-hydrogen) atoms. The number of rotatable bonds is 12. The maximum Gasteiger partial charge on any atom is 0.349 e. The van der Waals surface area contributed by atoms with Gasteiger partial charge in [-0.05, 0) is 72.5 Å². The molecule has 14 heteroatoms. The van der Waals surface area contributed by atoms with Crippen LogP contribution in [0.1, 0.15) is 56.4 Å². The van der Waals surface area contributed by atoms with E-state index in [0.29, 0.717) is 60.9 Å². The smallest absolute Gasteiger partial charge is 0.349 e. The highest BCUT2D eigenvalue weighted by Gasteiger charge is 2.41. The lowest BCUT2D eigenvalue weighted by molar-refractivity contribution is -0.166. The zero-order valence-corrected chi connectivity index (χ0v) is 31.4. The topological polar surface area (TPSA) is 189 Å². The van der Waals surface area contributed by atoms with Crippen molar-refractivity contribution in [2.24, 2.45) is 0 Å². The van der Waals surface area contributed by atoms with Gasteiger partial charge in [0.25, 0.3) is 0 Å². The first-order valence-electron chi connectivity index (χ1n) is 18.5. The highest BCUT2D eigenvalue weighted by atomic mass is 19.1. The van der Waals surface area contributed by atoms with Gasteiger partial charge in [-0.15, -0.1) is 0 Å². The minimum Gasteiger partial charge on any atom is -0.489 e. The Labute approximate surface area is 338 Å². The van der Waals surface area contributed by atoms with Crippen LogP contribution in [0.3, 0.4) is 0 Å². The molecule has 1 fully saturated rings. The van der Waals surface area contributed by atoms with Gasteiger partial charge in [0.15, 0.2) is 0 Å². The second kappa shape index (κ2) is 18.9. The summed E-state index contributed by atoms with van der Waals surface area (Å²) < 4.78 is 34.5. The quantitative estimate of drug-likeness (QED) is 0.104. The average Bonchev–Trinajstić information content (AvgIpc) is 3.25. The van der Waals surface area contributed by atoms with Gasteiger partial charge in [0.1, 0.15) is 36.3 Å². The molecule has 0 spiro atoms. The summed E-state index contributed by atoms with van der Waals surface area (Å²) in [7, 11) is 0. The van der Waals surface area contributed by atoms with Crippen LogP contribution in [0.2, 0.25) is 0 Å². The van der Waals surface area contributed by atoms with Crippen LogP contribution in [0.15, 0.2) is 145 Å². The van der Waals surface area contributed by atoms with Gasteiger partial charge in [0.05, 0.1) is 22.4 Å². The first-order chi connectivity index (χ1) is 28.4. The molecule has 0 amide bonds. The molecule has 7 rings (SSSR count). The number of halogens is 1. The van der Waals surface area contributed by atoms with Crippen LogP contribution < -0.4 is 9.47 Å². The predicted octanol–water partition coefficient (Wildman–Crippen LogP) is 6.26.